The van der Waals surface area contributed by atoms with Gasteiger partial charge in [0.25, 0.3) is 0 Å². The number of amides is 1. The Kier molecular flexibility index (Phi) is 4.28. The number of nitrogens with zero attached hydrogens (tertiary/aromatic N) is 2. The Bertz CT molecular complexity index is 494. The van der Waals surface area contributed by atoms with Crippen molar-refractivity contribution in [3.63, 3.8) is 0 Å². The van der Waals surface area contributed by atoms with Gasteiger partial charge in [-0.25, -0.2) is 4.98 Å². The van der Waals surface area contributed by atoms with Gasteiger partial charge in [0.05, 0.1) is 13.2 Å². The molecule has 0 aromatic carbocycles. The zero-order valence-electron chi connectivity index (χ0n) is 10.6. The quantitative estimate of drug-likeness (QED) is 0.738. The molecule has 0 spiro atoms. The van der Waals surface area contributed by atoms with Crippen molar-refractivity contribution in [2.24, 2.45) is 5.73 Å². The van der Waals surface area contributed by atoms with E-state index in [1.54, 1.807) is 25.4 Å². The highest BCUT2D eigenvalue weighted by Gasteiger charge is 2.29. The van der Waals surface area contributed by atoms with Crippen molar-refractivity contribution in [3.8, 4) is 0 Å². The van der Waals surface area contributed by atoms with Gasteiger partial charge in [-0.2, -0.15) is 0 Å². The van der Waals surface area contributed by atoms with Gasteiger partial charge in [-0.3, -0.25) is 4.79 Å². The summed E-state index contributed by atoms with van der Waals surface area (Å²) < 4.78 is 5.35. The average molecular weight is 280 g/mol. The largest absolute Gasteiger partial charge is 0.389 e. The highest BCUT2D eigenvalue weighted by molar-refractivity contribution is 7.80. The molecule has 2 rings (SSSR count). The third-order valence-corrected chi connectivity index (χ3v) is 3.24. The Morgan fingerprint density at radius 3 is 3.16 bits per heavy atom. The molecule has 1 fully saturated rings. The van der Waals surface area contributed by atoms with Crippen LogP contribution in [0.25, 0.3) is 0 Å². The predicted molar refractivity (Wildman–Crippen MR) is 76.1 cm³/mol. The highest BCUT2D eigenvalue weighted by Crippen LogP contribution is 2.18. The predicted octanol–water partition coefficient (Wildman–Crippen LogP) is -0.333. The first-order chi connectivity index (χ1) is 9.13. The normalized spacial score (nSPS) is 19.0. The monoisotopic (exact) mass is 280 g/mol. The Balaban J connectivity index is 2.29. The molecule has 1 saturated heterocycles. The molecule has 1 atom stereocenters. The zero-order valence-corrected chi connectivity index (χ0v) is 11.4. The van der Waals surface area contributed by atoms with Crippen molar-refractivity contribution >= 4 is 28.9 Å². The standard InChI is InChI=1S/C12H16N4O2S/c1-14-12(17)9-7-18-5-4-16(9)10-6-8(11(13)19)2-3-15-10/h2-3,6,9H,4-5,7H2,1H3,(H2,13,19)(H,14,17). The third-order valence-electron chi connectivity index (χ3n) is 3.00. The van der Waals surface area contributed by atoms with E-state index in [2.05, 4.69) is 10.3 Å². The van der Waals surface area contributed by atoms with Crippen LogP contribution < -0.4 is 16.0 Å². The highest BCUT2D eigenvalue weighted by atomic mass is 32.1. The van der Waals surface area contributed by atoms with Gasteiger partial charge in [0.1, 0.15) is 16.8 Å². The van der Waals surface area contributed by atoms with Gasteiger partial charge in [0.15, 0.2) is 0 Å². The van der Waals surface area contributed by atoms with E-state index in [1.165, 1.54) is 0 Å². The van der Waals surface area contributed by atoms with Crippen LogP contribution in [0.5, 0.6) is 0 Å². The number of nitrogens with two attached hydrogens (primary N) is 1. The second kappa shape index (κ2) is 5.94. The molecule has 0 bridgehead atoms. The molecule has 3 N–H and O–H groups in total. The van der Waals surface area contributed by atoms with Gasteiger partial charge in [-0.1, -0.05) is 12.2 Å². The number of pyridine rings is 1. The second-order valence-corrected chi connectivity index (χ2v) is 4.61. The van der Waals surface area contributed by atoms with Crippen LogP contribution in [0.15, 0.2) is 18.3 Å². The fourth-order valence-electron chi connectivity index (χ4n) is 1.99. The van der Waals surface area contributed by atoms with Crippen molar-refractivity contribution < 1.29 is 9.53 Å². The van der Waals surface area contributed by atoms with E-state index in [4.69, 9.17) is 22.7 Å². The number of anilines is 1. The van der Waals surface area contributed by atoms with Crippen molar-refractivity contribution in [1.29, 1.82) is 0 Å². The Hall–Kier alpha value is -1.73. The zero-order chi connectivity index (χ0) is 13.8. The Labute approximate surface area is 116 Å². The molecule has 19 heavy (non-hydrogen) atoms. The maximum Gasteiger partial charge on any atom is 0.244 e. The van der Waals surface area contributed by atoms with E-state index < -0.39 is 0 Å². The number of hydrogen-bond acceptors (Lipinski definition) is 5. The fourth-order valence-corrected chi connectivity index (χ4v) is 2.12. The van der Waals surface area contributed by atoms with Gasteiger partial charge >= 0.3 is 0 Å². The molecular weight excluding hydrogens is 264 g/mol. The molecule has 0 radical (unpaired) electrons. The number of ether oxygens (including phenoxy) is 1. The minimum absolute atomic E-state index is 0.0952. The number of nitrogens with one attached hydrogen (secondary N) is 1. The van der Waals surface area contributed by atoms with Crippen LogP contribution >= 0.6 is 12.2 Å². The minimum Gasteiger partial charge on any atom is -0.389 e. The molecule has 1 unspecified atom stereocenters. The van der Waals surface area contributed by atoms with Gasteiger partial charge in [-0.15, -0.1) is 0 Å². The molecule has 2 heterocycles. The molecule has 6 nitrogen and oxygen atoms in total. The van der Waals surface area contributed by atoms with Gasteiger partial charge < -0.3 is 20.7 Å². The van der Waals surface area contributed by atoms with Crippen LogP contribution in [-0.4, -0.2) is 48.7 Å². The van der Waals surface area contributed by atoms with Crippen molar-refractivity contribution in [2.45, 2.75) is 6.04 Å². The summed E-state index contributed by atoms with van der Waals surface area (Å²) >= 11 is 4.95. The van der Waals surface area contributed by atoms with E-state index in [0.29, 0.717) is 30.6 Å². The first kappa shape index (κ1) is 13.7. The Morgan fingerprint density at radius 1 is 1.68 bits per heavy atom. The molecule has 1 aliphatic rings. The molecular formula is C12H16N4O2S. The lowest BCUT2D eigenvalue weighted by molar-refractivity contribution is -0.124. The maximum atomic E-state index is 11.9. The molecule has 1 aromatic heterocycles. The smallest absolute Gasteiger partial charge is 0.244 e. The molecule has 1 aliphatic heterocycles. The number of morpholine rings is 1. The summed E-state index contributed by atoms with van der Waals surface area (Å²) in [5, 5.41) is 2.63. The third kappa shape index (κ3) is 2.99. The van der Waals surface area contributed by atoms with Crippen molar-refractivity contribution in [2.75, 3.05) is 31.7 Å². The summed E-state index contributed by atoms with van der Waals surface area (Å²) in [7, 11) is 1.61. The van der Waals surface area contributed by atoms with Crippen LogP contribution in [-0.2, 0) is 9.53 Å². The van der Waals surface area contributed by atoms with Crippen LogP contribution in [0.4, 0.5) is 5.82 Å². The summed E-state index contributed by atoms with van der Waals surface area (Å²) in [5.74, 6) is 0.587. The number of likely N-dealkylation sites (N-methyl/N-ethyl adjacent to an activating group) is 1. The summed E-state index contributed by atoms with van der Waals surface area (Å²) in [6.07, 6.45) is 1.64. The molecule has 102 valence electrons. The number of rotatable bonds is 3. The maximum absolute atomic E-state index is 11.9. The summed E-state index contributed by atoms with van der Waals surface area (Å²) in [6, 6.07) is 3.16. The van der Waals surface area contributed by atoms with Gasteiger partial charge in [0, 0.05) is 25.4 Å². The minimum atomic E-state index is -0.382. The van der Waals surface area contributed by atoms with E-state index in [-0.39, 0.29) is 11.9 Å². The van der Waals surface area contributed by atoms with E-state index in [9.17, 15) is 4.79 Å². The van der Waals surface area contributed by atoms with Crippen LogP contribution in [0.2, 0.25) is 0 Å². The number of aromatic nitrogens is 1. The van der Waals surface area contributed by atoms with Gasteiger partial charge in [-0.05, 0) is 12.1 Å². The Morgan fingerprint density at radius 2 is 2.47 bits per heavy atom. The van der Waals surface area contributed by atoms with E-state index in [0.717, 1.165) is 5.56 Å². The number of carbonyl (C=O) groups excluding carboxylic acids is 1. The SMILES string of the molecule is CNC(=O)C1COCCN1c1cc(C(N)=S)ccn1. The number of hydrogen-bond donors (Lipinski definition) is 2. The van der Waals surface area contributed by atoms with Gasteiger partial charge in [0.2, 0.25) is 5.91 Å². The lowest BCUT2D eigenvalue weighted by atomic mass is 10.2. The van der Waals surface area contributed by atoms with Crippen LogP contribution in [0.1, 0.15) is 5.56 Å². The molecule has 0 aliphatic carbocycles. The summed E-state index contributed by atoms with van der Waals surface area (Å²) in [5.41, 5.74) is 6.35. The lowest BCUT2D eigenvalue weighted by Gasteiger charge is -2.35. The molecule has 1 aromatic rings. The first-order valence-corrected chi connectivity index (χ1v) is 6.36. The summed E-state index contributed by atoms with van der Waals surface area (Å²) in [4.78, 5) is 18.4. The second-order valence-electron chi connectivity index (χ2n) is 4.17. The summed E-state index contributed by atoms with van der Waals surface area (Å²) in [6.45, 7) is 1.51. The van der Waals surface area contributed by atoms with E-state index in [1.807, 2.05) is 4.90 Å². The topological polar surface area (TPSA) is 80.5 Å². The molecule has 7 heteroatoms. The number of carbonyl (C=O) groups is 1. The molecule has 0 saturated carbocycles. The van der Waals surface area contributed by atoms with E-state index >= 15 is 0 Å². The van der Waals surface area contributed by atoms with Crippen molar-refractivity contribution in [1.82, 2.24) is 10.3 Å². The lowest BCUT2D eigenvalue weighted by Crippen LogP contribution is -2.53. The van der Waals surface area contributed by atoms with Crippen LogP contribution in [0.3, 0.4) is 0 Å². The molecule has 1 amide bonds. The van der Waals surface area contributed by atoms with Crippen LogP contribution in [0, 0.1) is 0 Å². The first-order valence-electron chi connectivity index (χ1n) is 5.95. The fraction of sp³-hybridized carbons (Fsp3) is 0.417. The van der Waals surface area contributed by atoms with Crippen molar-refractivity contribution in [3.05, 3.63) is 23.9 Å². The number of thiocarbonyl (C=S) groups is 1. The average Bonchev–Trinajstić information content (AvgIpc) is 2.46.